The van der Waals surface area contributed by atoms with Crippen LogP contribution in [0.25, 0.3) is 11.0 Å². The van der Waals surface area contributed by atoms with E-state index in [-0.39, 0.29) is 0 Å². The molecule has 0 fully saturated rings. The van der Waals surface area contributed by atoms with Crippen LogP contribution in [0.15, 0.2) is 12.7 Å². The number of hydrogen-bond acceptors (Lipinski definition) is 3. The summed E-state index contributed by atoms with van der Waals surface area (Å²) in [5.41, 5.74) is 4.02. The lowest BCUT2D eigenvalue weighted by molar-refractivity contribution is 1.37. The van der Waals surface area contributed by atoms with E-state index in [4.69, 9.17) is 0 Å². The summed E-state index contributed by atoms with van der Waals surface area (Å²) >= 11 is 1.24. The second-order valence-corrected chi connectivity index (χ2v) is 3.24. The fourth-order valence-electron chi connectivity index (χ4n) is 0.864. The molecule has 0 unspecified atom stereocenters. The maximum absolute atomic E-state index is 4.21. The van der Waals surface area contributed by atoms with E-state index in [1.165, 1.54) is 11.7 Å². The lowest BCUT2D eigenvalue weighted by atomic mass is 9.92. The van der Waals surface area contributed by atoms with Gasteiger partial charge in [-0.05, 0) is 19.4 Å². The Kier molecular flexibility index (Phi) is 2.81. The lowest BCUT2D eigenvalue weighted by Gasteiger charge is -1.98. The molecule has 0 radical (unpaired) electrons. The van der Waals surface area contributed by atoms with E-state index in [0.29, 0.717) is 0 Å². The number of hydrogen-bond donors (Lipinski definition) is 0. The van der Waals surface area contributed by atoms with Gasteiger partial charge in [-0.3, -0.25) is 0 Å². The van der Waals surface area contributed by atoms with Crippen molar-refractivity contribution in [2.24, 2.45) is 0 Å². The fourth-order valence-corrected chi connectivity index (χ4v) is 1.54. The molecule has 1 heterocycles. The van der Waals surface area contributed by atoms with Gasteiger partial charge in [0.05, 0.1) is 17.4 Å². The standard InChI is InChI=1S/C8H11BN2S/c1-4-5(2)7-8(6(3)9)11-12-10-7/h4H,3,9H2,1-2H3/b5-4-. The summed E-state index contributed by atoms with van der Waals surface area (Å²) in [5, 5.41) is 0. The highest BCUT2D eigenvalue weighted by Gasteiger charge is 2.08. The Labute approximate surface area is 77.8 Å². The summed E-state index contributed by atoms with van der Waals surface area (Å²) in [5.74, 6) is 0. The van der Waals surface area contributed by atoms with Gasteiger partial charge in [0, 0.05) is 0 Å². The molecule has 1 rings (SSSR count). The molecule has 0 saturated carbocycles. The van der Waals surface area contributed by atoms with E-state index in [9.17, 15) is 0 Å². The van der Waals surface area contributed by atoms with Crippen molar-refractivity contribution in [1.29, 1.82) is 0 Å². The Morgan fingerprint density at radius 3 is 2.58 bits per heavy atom. The summed E-state index contributed by atoms with van der Waals surface area (Å²) in [6.07, 6.45) is 2.03. The molecule has 0 aliphatic carbocycles. The third kappa shape index (κ3) is 1.64. The van der Waals surface area contributed by atoms with Gasteiger partial charge in [-0.1, -0.05) is 11.5 Å². The molecule has 0 amide bonds. The zero-order chi connectivity index (χ0) is 9.14. The van der Waals surface area contributed by atoms with Crippen molar-refractivity contribution >= 4 is 30.6 Å². The van der Waals surface area contributed by atoms with Gasteiger partial charge in [0.15, 0.2) is 0 Å². The highest BCUT2D eigenvalue weighted by atomic mass is 32.1. The monoisotopic (exact) mass is 178 g/mol. The fraction of sp³-hybridized carbons (Fsp3) is 0.250. The van der Waals surface area contributed by atoms with Crippen LogP contribution >= 0.6 is 11.7 Å². The summed E-state index contributed by atoms with van der Waals surface area (Å²) < 4.78 is 8.38. The Hall–Kier alpha value is -0.895. The van der Waals surface area contributed by atoms with E-state index in [0.717, 1.165) is 22.4 Å². The maximum Gasteiger partial charge on any atom is 0.141 e. The molecule has 1 aromatic heterocycles. The summed E-state index contributed by atoms with van der Waals surface area (Å²) in [6.45, 7) is 7.88. The quantitative estimate of drug-likeness (QED) is 0.642. The molecular weight excluding hydrogens is 167 g/mol. The van der Waals surface area contributed by atoms with Crippen LogP contribution in [0.1, 0.15) is 25.2 Å². The van der Waals surface area contributed by atoms with E-state index < -0.39 is 0 Å². The van der Waals surface area contributed by atoms with Crippen LogP contribution in [0, 0.1) is 0 Å². The lowest BCUT2D eigenvalue weighted by Crippen LogP contribution is -1.88. The number of rotatable bonds is 2. The first kappa shape index (κ1) is 9.19. The average molecular weight is 178 g/mol. The van der Waals surface area contributed by atoms with E-state index in [2.05, 4.69) is 15.3 Å². The van der Waals surface area contributed by atoms with Gasteiger partial charge < -0.3 is 0 Å². The van der Waals surface area contributed by atoms with E-state index >= 15 is 0 Å². The molecule has 0 aliphatic heterocycles. The Bertz CT molecular complexity index is 328. The maximum atomic E-state index is 4.21. The predicted octanol–water partition coefficient (Wildman–Crippen LogP) is 1.57. The molecule has 0 aliphatic rings. The van der Waals surface area contributed by atoms with Crippen molar-refractivity contribution < 1.29 is 0 Å². The molecule has 0 bridgehead atoms. The van der Waals surface area contributed by atoms with Crippen molar-refractivity contribution in [1.82, 2.24) is 8.75 Å². The first-order chi connectivity index (χ1) is 5.66. The van der Waals surface area contributed by atoms with Gasteiger partial charge in [0.2, 0.25) is 0 Å². The Balaban J connectivity index is 3.16. The first-order valence-electron chi connectivity index (χ1n) is 3.78. The van der Waals surface area contributed by atoms with Crippen LogP contribution in [0.3, 0.4) is 0 Å². The van der Waals surface area contributed by atoms with Crippen LogP contribution in [0.4, 0.5) is 0 Å². The normalized spacial score (nSPS) is 11.7. The highest BCUT2D eigenvalue weighted by Crippen LogP contribution is 2.20. The van der Waals surface area contributed by atoms with Crippen LogP contribution in [0.5, 0.6) is 0 Å². The molecule has 0 saturated heterocycles. The topological polar surface area (TPSA) is 25.8 Å². The number of aromatic nitrogens is 2. The first-order valence-corrected chi connectivity index (χ1v) is 4.51. The SMILES string of the molecule is BC(=C)c1nsnc1/C(C)=C\C. The smallest absolute Gasteiger partial charge is 0.141 e. The summed E-state index contributed by atoms with van der Waals surface area (Å²) in [7, 11) is 1.95. The van der Waals surface area contributed by atoms with Crippen molar-refractivity contribution in [3.05, 3.63) is 24.0 Å². The zero-order valence-corrected chi connectivity index (χ0v) is 8.40. The van der Waals surface area contributed by atoms with Gasteiger partial charge >= 0.3 is 0 Å². The predicted molar refractivity (Wildman–Crippen MR) is 56.8 cm³/mol. The molecule has 0 spiro atoms. The molecule has 0 N–H and O–H groups in total. The van der Waals surface area contributed by atoms with Gasteiger partial charge in [-0.25, -0.2) is 0 Å². The van der Waals surface area contributed by atoms with Crippen LogP contribution in [-0.4, -0.2) is 16.6 Å². The van der Waals surface area contributed by atoms with Crippen molar-refractivity contribution in [2.45, 2.75) is 13.8 Å². The Morgan fingerprint density at radius 2 is 2.08 bits per heavy atom. The summed E-state index contributed by atoms with van der Waals surface area (Å²) in [6, 6.07) is 0. The second kappa shape index (κ2) is 3.67. The zero-order valence-electron chi connectivity index (χ0n) is 7.59. The van der Waals surface area contributed by atoms with Crippen LogP contribution < -0.4 is 0 Å². The van der Waals surface area contributed by atoms with E-state index in [1.54, 1.807) is 0 Å². The second-order valence-electron chi connectivity index (χ2n) is 2.71. The minimum Gasteiger partial charge on any atom is -0.174 e. The Morgan fingerprint density at radius 1 is 1.50 bits per heavy atom. The third-order valence-electron chi connectivity index (χ3n) is 1.70. The summed E-state index contributed by atoms with van der Waals surface area (Å²) in [4.78, 5) is 0. The van der Waals surface area contributed by atoms with Gasteiger partial charge in [-0.2, -0.15) is 8.75 Å². The third-order valence-corrected chi connectivity index (χ3v) is 2.23. The van der Waals surface area contributed by atoms with Gasteiger partial charge in [0.1, 0.15) is 13.5 Å². The average Bonchev–Trinajstić information content (AvgIpc) is 2.50. The molecule has 2 nitrogen and oxygen atoms in total. The molecular formula is C8H11BN2S. The minimum atomic E-state index is 0.926. The van der Waals surface area contributed by atoms with Gasteiger partial charge in [-0.15, -0.1) is 6.58 Å². The number of nitrogens with zero attached hydrogens (tertiary/aromatic N) is 2. The molecule has 4 heteroatoms. The molecule has 0 aromatic carbocycles. The van der Waals surface area contributed by atoms with Crippen molar-refractivity contribution in [2.75, 3.05) is 0 Å². The van der Waals surface area contributed by atoms with E-state index in [1.807, 2.05) is 27.8 Å². The molecule has 1 aromatic rings. The number of allylic oxidation sites excluding steroid dienone is 2. The largest absolute Gasteiger partial charge is 0.174 e. The molecule has 12 heavy (non-hydrogen) atoms. The van der Waals surface area contributed by atoms with Crippen molar-refractivity contribution in [3.63, 3.8) is 0 Å². The van der Waals surface area contributed by atoms with Gasteiger partial charge in [0.25, 0.3) is 0 Å². The van der Waals surface area contributed by atoms with Crippen LogP contribution in [0.2, 0.25) is 0 Å². The van der Waals surface area contributed by atoms with Crippen molar-refractivity contribution in [3.8, 4) is 0 Å². The van der Waals surface area contributed by atoms with Crippen LogP contribution in [-0.2, 0) is 0 Å². The molecule has 62 valence electrons. The highest BCUT2D eigenvalue weighted by molar-refractivity contribution is 6.99. The molecule has 0 atom stereocenters. The minimum absolute atomic E-state index is 0.926.